The summed E-state index contributed by atoms with van der Waals surface area (Å²) in [5.74, 6) is 0. The summed E-state index contributed by atoms with van der Waals surface area (Å²) in [5.41, 5.74) is 2.25. The molecule has 3 heteroatoms. The molecule has 14 heavy (non-hydrogen) atoms. The van der Waals surface area contributed by atoms with E-state index in [0.29, 0.717) is 6.42 Å². The van der Waals surface area contributed by atoms with Crippen molar-refractivity contribution >= 4 is 23.6 Å². The van der Waals surface area contributed by atoms with Crippen molar-refractivity contribution in [2.75, 3.05) is 12.4 Å². The summed E-state index contributed by atoms with van der Waals surface area (Å²) < 4.78 is 0. The lowest BCUT2D eigenvalue weighted by atomic mass is 10.1. The number of hydrogen-bond acceptors (Lipinski definition) is 2. The minimum atomic E-state index is 0.607. The van der Waals surface area contributed by atoms with Crippen LogP contribution in [0.15, 0.2) is 18.2 Å². The lowest BCUT2D eigenvalue weighted by molar-refractivity contribution is -0.107. The highest BCUT2D eigenvalue weighted by Crippen LogP contribution is 2.21. The van der Waals surface area contributed by atoms with Crippen molar-refractivity contribution in [3.63, 3.8) is 0 Å². The molecule has 0 fully saturated rings. The van der Waals surface area contributed by atoms with Crippen molar-refractivity contribution in [2.24, 2.45) is 0 Å². The van der Waals surface area contributed by atoms with Crippen LogP contribution in [0.2, 0.25) is 5.02 Å². The molecule has 0 aliphatic carbocycles. The Morgan fingerprint density at radius 3 is 2.93 bits per heavy atom. The van der Waals surface area contributed by atoms with E-state index in [0.717, 1.165) is 29.8 Å². The van der Waals surface area contributed by atoms with E-state index in [-0.39, 0.29) is 0 Å². The van der Waals surface area contributed by atoms with Gasteiger partial charge in [-0.25, -0.2) is 0 Å². The molecule has 1 N–H and O–H groups in total. The molecule has 0 aliphatic heterocycles. The maximum absolute atomic E-state index is 10.2. The minimum Gasteiger partial charge on any atom is -0.388 e. The molecule has 0 aromatic heterocycles. The molecule has 0 radical (unpaired) electrons. The summed E-state index contributed by atoms with van der Waals surface area (Å²) in [7, 11) is 1.88. The number of hydrogen-bond donors (Lipinski definition) is 1. The van der Waals surface area contributed by atoms with Crippen LogP contribution in [0.25, 0.3) is 0 Å². The van der Waals surface area contributed by atoms with Crippen molar-refractivity contribution in [3.05, 3.63) is 28.8 Å². The Balaban J connectivity index is 2.71. The summed E-state index contributed by atoms with van der Waals surface area (Å²) in [6, 6.07) is 5.76. The van der Waals surface area contributed by atoms with Crippen LogP contribution >= 0.6 is 11.6 Å². The third-order valence-electron chi connectivity index (χ3n) is 2.10. The van der Waals surface area contributed by atoms with Crippen LogP contribution in [0.1, 0.15) is 18.4 Å². The number of benzene rings is 1. The summed E-state index contributed by atoms with van der Waals surface area (Å²) in [4.78, 5) is 10.2. The van der Waals surface area contributed by atoms with Gasteiger partial charge >= 0.3 is 0 Å². The average molecular weight is 212 g/mol. The predicted molar refractivity (Wildman–Crippen MR) is 60.0 cm³/mol. The molecular formula is C11H14ClNO. The summed E-state index contributed by atoms with van der Waals surface area (Å²) in [6.45, 7) is 0. The SMILES string of the molecule is CNc1ccc(Cl)cc1CCCC=O. The van der Waals surface area contributed by atoms with E-state index in [4.69, 9.17) is 11.6 Å². The van der Waals surface area contributed by atoms with Crippen LogP contribution in [0.5, 0.6) is 0 Å². The first kappa shape index (κ1) is 11.1. The highest BCUT2D eigenvalue weighted by molar-refractivity contribution is 6.30. The van der Waals surface area contributed by atoms with E-state index in [1.165, 1.54) is 5.56 Å². The summed E-state index contributed by atoms with van der Waals surface area (Å²) >= 11 is 5.89. The second-order valence-electron chi connectivity index (χ2n) is 3.11. The van der Waals surface area contributed by atoms with Crippen molar-refractivity contribution in [2.45, 2.75) is 19.3 Å². The molecule has 1 aromatic rings. The largest absolute Gasteiger partial charge is 0.388 e. The second kappa shape index (κ2) is 5.66. The minimum absolute atomic E-state index is 0.607. The number of rotatable bonds is 5. The van der Waals surface area contributed by atoms with Crippen LogP contribution in [-0.4, -0.2) is 13.3 Å². The molecule has 1 rings (SSSR count). The quantitative estimate of drug-likeness (QED) is 0.600. The third kappa shape index (κ3) is 3.04. The predicted octanol–water partition coefficient (Wildman–Crippen LogP) is 2.90. The van der Waals surface area contributed by atoms with Crippen LogP contribution in [0.3, 0.4) is 0 Å². The number of aldehydes is 1. The Morgan fingerprint density at radius 1 is 1.50 bits per heavy atom. The zero-order chi connectivity index (χ0) is 10.4. The first-order chi connectivity index (χ1) is 6.77. The lowest BCUT2D eigenvalue weighted by Gasteiger charge is -2.08. The maximum atomic E-state index is 10.2. The first-order valence-electron chi connectivity index (χ1n) is 4.67. The topological polar surface area (TPSA) is 29.1 Å². The zero-order valence-corrected chi connectivity index (χ0v) is 8.97. The average Bonchev–Trinajstić information content (AvgIpc) is 2.19. The lowest BCUT2D eigenvalue weighted by Crippen LogP contribution is -1.95. The van der Waals surface area contributed by atoms with Gasteiger partial charge in [-0.05, 0) is 36.6 Å². The van der Waals surface area contributed by atoms with Crippen molar-refractivity contribution in [1.29, 1.82) is 0 Å². The van der Waals surface area contributed by atoms with Gasteiger partial charge in [0, 0.05) is 24.2 Å². The van der Waals surface area contributed by atoms with Crippen LogP contribution in [0, 0.1) is 0 Å². The van der Waals surface area contributed by atoms with Gasteiger partial charge in [0.25, 0.3) is 0 Å². The molecule has 1 aromatic carbocycles. The molecule has 0 saturated carbocycles. The number of carbonyl (C=O) groups excluding carboxylic acids is 1. The molecular weight excluding hydrogens is 198 g/mol. The van der Waals surface area contributed by atoms with Crippen LogP contribution < -0.4 is 5.32 Å². The van der Waals surface area contributed by atoms with E-state index in [9.17, 15) is 4.79 Å². The Bertz CT molecular complexity index is 312. The fraction of sp³-hybridized carbons (Fsp3) is 0.364. The van der Waals surface area contributed by atoms with Crippen LogP contribution in [-0.2, 0) is 11.2 Å². The van der Waals surface area contributed by atoms with Gasteiger partial charge in [-0.2, -0.15) is 0 Å². The summed E-state index contributed by atoms with van der Waals surface area (Å²) in [6.07, 6.45) is 3.31. The Labute approximate surface area is 89.3 Å². The maximum Gasteiger partial charge on any atom is 0.120 e. The van der Waals surface area contributed by atoms with Gasteiger partial charge in [0.15, 0.2) is 0 Å². The van der Waals surface area contributed by atoms with Crippen molar-refractivity contribution < 1.29 is 4.79 Å². The second-order valence-corrected chi connectivity index (χ2v) is 3.55. The van der Waals surface area contributed by atoms with Gasteiger partial charge in [-0.3, -0.25) is 0 Å². The van der Waals surface area contributed by atoms with Gasteiger partial charge in [0.2, 0.25) is 0 Å². The molecule has 76 valence electrons. The molecule has 0 spiro atoms. The van der Waals surface area contributed by atoms with Gasteiger partial charge < -0.3 is 10.1 Å². The van der Waals surface area contributed by atoms with Gasteiger partial charge in [-0.1, -0.05) is 11.6 Å². The van der Waals surface area contributed by atoms with E-state index < -0.39 is 0 Å². The van der Waals surface area contributed by atoms with E-state index >= 15 is 0 Å². The van der Waals surface area contributed by atoms with E-state index in [1.807, 2.05) is 25.2 Å². The molecule has 0 unspecified atom stereocenters. The first-order valence-corrected chi connectivity index (χ1v) is 5.05. The van der Waals surface area contributed by atoms with Crippen molar-refractivity contribution in [1.82, 2.24) is 0 Å². The van der Waals surface area contributed by atoms with E-state index in [2.05, 4.69) is 5.32 Å². The number of aryl methyl sites for hydroxylation is 1. The number of anilines is 1. The fourth-order valence-electron chi connectivity index (χ4n) is 1.39. The smallest absolute Gasteiger partial charge is 0.120 e. The molecule has 0 aliphatic rings. The van der Waals surface area contributed by atoms with Crippen molar-refractivity contribution in [3.8, 4) is 0 Å². The van der Waals surface area contributed by atoms with Gasteiger partial charge in [0.05, 0.1) is 0 Å². The molecule has 0 heterocycles. The zero-order valence-electron chi connectivity index (χ0n) is 8.22. The standard InChI is InChI=1S/C11H14ClNO/c1-13-11-6-5-10(12)8-9(11)4-2-3-7-14/h5-8,13H,2-4H2,1H3. The molecule has 0 saturated heterocycles. The number of carbonyl (C=O) groups is 1. The molecule has 0 amide bonds. The fourth-order valence-corrected chi connectivity index (χ4v) is 1.58. The normalized spacial score (nSPS) is 9.86. The van der Waals surface area contributed by atoms with Crippen LogP contribution in [0.4, 0.5) is 5.69 Å². The Kier molecular flexibility index (Phi) is 4.47. The van der Waals surface area contributed by atoms with Gasteiger partial charge in [-0.15, -0.1) is 0 Å². The third-order valence-corrected chi connectivity index (χ3v) is 2.34. The number of halogens is 1. The number of unbranched alkanes of at least 4 members (excludes halogenated alkanes) is 1. The Hall–Kier alpha value is -1.02. The molecule has 0 bridgehead atoms. The van der Waals surface area contributed by atoms with E-state index in [1.54, 1.807) is 0 Å². The highest BCUT2D eigenvalue weighted by Gasteiger charge is 2.01. The monoisotopic (exact) mass is 211 g/mol. The van der Waals surface area contributed by atoms with Gasteiger partial charge in [0.1, 0.15) is 6.29 Å². The Morgan fingerprint density at radius 2 is 2.29 bits per heavy atom. The highest BCUT2D eigenvalue weighted by atomic mass is 35.5. The number of nitrogens with one attached hydrogen (secondary N) is 1. The summed E-state index contributed by atoms with van der Waals surface area (Å²) in [5, 5.41) is 3.84. The molecule has 2 nitrogen and oxygen atoms in total. The molecule has 0 atom stereocenters.